The van der Waals surface area contributed by atoms with E-state index in [0.29, 0.717) is 39.3 Å². The number of halogens is 1. The molecule has 1 N–H and O–H groups in total. The monoisotopic (exact) mass is 465 g/mol. The molecular formula is C20H24BrN3O3S. The van der Waals surface area contributed by atoms with Gasteiger partial charge in [0.25, 0.3) is 0 Å². The van der Waals surface area contributed by atoms with Crippen LogP contribution in [0.3, 0.4) is 0 Å². The highest BCUT2D eigenvalue weighted by molar-refractivity contribution is 9.10. The van der Waals surface area contributed by atoms with Crippen molar-refractivity contribution in [1.29, 1.82) is 0 Å². The molecule has 0 aliphatic carbocycles. The van der Waals surface area contributed by atoms with Crippen molar-refractivity contribution in [1.82, 2.24) is 14.5 Å². The highest BCUT2D eigenvalue weighted by Gasteiger charge is 2.29. The summed E-state index contributed by atoms with van der Waals surface area (Å²) in [5, 5.41) is 2.93. The first-order valence-corrected chi connectivity index (χ1v) is 11.5. The van der Waals surface area contributed by atoms with Crippen molar-refractivity contribution in [2.75, 3.05) is 39.3 Å². The van der Waals surface area contributed by atoms with Gasteiger partial charge in [0.15, 0.2) is 0 Å². The molecule has 0 unspecified atom stereocenters. The minimum atomic E-state index is -3.51. The lowest BCUT2D eigenvalue weighted by Crippen LogP contribution is -2.51. The summed E-state index contributed by atoms with van der Waals surface area (Å²) in [4.78, 5) is 14.4. The maximum absolute atomic E-state index is 12.8. The summed E-state index contributed by atoms with van der Waals surface area (Å²) in [6, 6.07) is 16.7. The number of amides is 1. The highest BCUT2D eigenvalue weighted by atomic mass is 79.9. The van der Waals surface area contributed by atoms with Crippen LogP contribution in [0.1, 0.15) is 5.56 Å². The van der Waals surface area contributed by atoms with E-state index in [4.69, 9.17) is 0 Å². The molecular weight excluding hydrogens is 442 g/mol. The zero-order valence-corrected chi connectivity index (χ0v) is 18.0. The number of carbonyl (C=O) groups is 1. The van der Waals surface area contributed by atoms with Gasteiger partial charge in [0.05, 0.1) is 11.4 Å². The second-order valence-electron chi connectivity index (χ2n) is 6.72. The number of hydrogen-bond acceptors (Lipinski definition) is 4. The first kappa shape index (κ1) is 21.0. The Kier molecular flexibility index (Phi) is 7.23. The van der Waals surface area contributed by atoms with Crippen molar-refractivity contribution < 1.29 is 13.2 Å². The van der Waals surface area contributed by atoms with Gasteiger partial charge < -0.3 is 5.32 Å². The van der Waals surface area contributed by atoms with Gasteiger partial charge in [-0.25, -0.2) is 8.42 Å². The van der Waals surface area contributed by atoms with Crippen LogP contribution in [0.25, 0.3) is 0 Å². The Bertz CT molecular complexity index is 898. The molecule has 150 valence electrons. The molecule has 28 heavy (non-hydrogen) atoms. The number of nitrogens with one attached hydrogen (secondary N) is 1. The summed E-state index contributed by atoms with van der Waals surface area (Å²) < 4.78 is 27.7. The molecule has 8 heteroatoms. The predicted molar refractivity (Wildman–Crippen MR) is 112 cm³/mol. The Morgan fingerprint density at radius 3 is 2.39 bits per heavy atom. The molecule has 0 radical (unpaired) electrons. The van der Waals surface area contributed by atoms with Gasteiger partial charge in [-0.05, 0) is 30.2 Å². The average molecular weight is 466 g/mol. The lowest BCUT2D eigenvalue weighted by molar-refractivity contribution is -0.122. The fourth-order valence-corrected chi connectivity index (χ4v) is 5.17. The molecule has 0 aromatic heterocycles. The van der Waals surface area contributed by atoms with E-state index < -0.39 is 10.0 Å². The molecule has 2 aromatic carbocycles. The molecule has 0 spiro atoms. The smallest absolute Gasteiger partial charge is 0.243 e. The van der Waals surface area contributed by atoms with Crippen LogP contribution < -0.4 is 5.32 Å². The van der Waals surface area contributed by atoms with Crippen LogP contribution in [0.5, 0.6) is 0 Å². The van der Waals surface area contributed by atoms with Gasteiger partial charge in [-0.2, -0.15) is 4.31 Å². The van der Waals surface area contributed by atoms with Gasteiger partial charge in [-0.15, -0.1) is 0 Å². The second-order valence-corrected chi connectivity index (χ2v) is 9.58. The maximum Gasteiger partial charge on any atom is 0.243 e. The van der Waals surface area contributed by atoms with E-state index in [1.807, 2.05) is 35.2 Å². The molecule has 1 amide bonds. The number of hydrogen-bond donors (Lipinski definition) is 1. The Hall–Kier alpha value is -1.74. The summed E-state index contributed by atoms with van der Waals surface area (Å²) in [6.07, 6.45) is 0.797. The predicted octanol–water partition coefficient (Wildman–Crippen LogP) is 2.11. The summed E-state index contributed by atoms with van der Waals surface area (Å²) in [5.74, 6) is -0.0285. The molecule has 1 fully saturated rings. The van der Waals surface area contributed by atoms with Gasteiger partial charge in [0.1, 0.15) is 0 Å². The van der Waals surface area contributed by atoms with Gasteiger partial charge in [0, 0.05) is 37.2 Å². The molecule has 1 aliphatic heterocycles. The zero-order chi connectivity index (χ0) is 20.0. The van der Waals surface area contributed by atoms with E-state index >= 15 is 0 Å². The average Bonchev–Trinajstić information content (AvgIpc) is 2.69. The first-order valence-electron chi connectivity index (χ1n) is 9.24. The number of rotatable bonds is 7. The molecule has 1 heterocycles. The fraction of sp³-hybridized carbons (Fsp3) is 0.350. The Labute approximate surface area is 174 Å². The topological polar surface area (TPSA) is 69.7 Å². The van der Waals surface area contributed by atoms with E-state index in [1.54, 1.807) is 24.3 Å². The van der Waals surface area contributed by atoms with Crippen LogP contribution in [0.2, 0.25) is 0 Å². The molecule has 0 atom stereocenters. The quantitative estimate of drug-likeness (QED) is 0.679. The Morgan fingerprint density at radius 2 is 1.71 bits per heavy atom. The molecule has 2 aromatic rings. The molecule has 0 saturated carbocycles. The number of benzene rings is 2. The maximum atomic E-state index is 12.8. The molecule has 6 nitrogen and oxygen atoms in total. The zero-order valence-electron chi connectivity index (χ0n) is 15.6. The summed E-state index contributed by atoms with van der Waals surface area (Å²) >= 11 is 3.32. The van der Waals surface area contributed by atoms with E-state index in [9.17, 15) is 13.2 Å². The Balaban J connectivity index is 1.44. The van der Waals surface area contributed by atoms with Crippen molar-refractivity contribution in [3.8, 4) is 0 Å². The van der Waals surface area contributed by atoms with E-state index in [0.717, 1.165) is 10.9 Å². The van der Waals surface area contributed by atoms with Crippen molar-refractivity contribution in [3.05, 3.63) is 64.6 Å². The number of piperazine rings is 1. The van der Waals surface area contributed by atoms with Crippen LogP contribution in [-0.4, -0.2) is 62.8 Å². The highest BCUT2D eigenvalue weighted by Crippen LogP contribution is 2.21. The van der Waals surface area contributed by atoms with E-state index in [2.05, 4.69) is 21.2 Å². The van der Waals surface area contributed by atoms with Crippen LogP contribution in [0.4, 0.5) is 0 Å². The van der Waals surface area contributed by atoms with E-state index in [1.165, 1.54) is 9.87 Å². The van der Waals surface area contributed by atoms with Gasteiger partial charge in [-0.3, -0.25) is 9.69 Å². The summed E-state index contributed by atoms with van der Waals surface area (Å²) in [6.45, 7) is 2.73. The van der Waals surface area contributed by atoms with Gasteiger partial charge in [-0.1, -0.05) is 52.3 Å². The summed E-state index contributed by atoms with van der Waals surface area (Å²) in [5.41, 5.74) is 1.19. The largest absolute Gasteiger partial charge is 0.355 e. The SMILES string of the molecule is O=C(CN1CCN(S(=O)(=O)c2cccc(Br)c2)CC1)NCCc1ccccc1. The van der Waals surface area contributed by atoms with E-state index in [-0.39, 0.29) is 10.8 Å². The first-order chi connectivity index (χ1) is 13.4. The third-order valence-electron chi connectivity index (χ3n) is 4.71. The fourth-order valence-electron chi connectivity index (χ4n) is 3.15. The number of carbonyl (C=O) groups excluding carboxylic acids is 1. The molecule has 1 aliphatic rings. The third-order valence-corrected chi connectivity index (χ3v) is 7.10. The third kappa shape index (κ3) is 5.64. The molecule has 3 rings (SSSR count). The standard InChI is InChI=1S/C20H24BrN3O3S/c21-18-7-4-8-19(15-18)28(26,27)24-13-11-23(12-14-24)16-20(25)22-10-9-17-5-2-1-3-6-17/h1-8,15H,9-14,16H2,(H,22,25). The van der Waals surface area contributed by atoms with Crippen molar-refractivity contribution >= 4 is 31.9 Å². The molecule has 0 bridgehead atoms. The normalized spacial score (nSPS) is 16.0. The summed E-state index contributed by atoms with van der Waals surface area (Å²) in [7, 11) is -3.51. The second kappa shape index (κ2) is 9.65. The Morgan fingerprint density at radius 1 is 1.00 bits per heavy atom. The molecule has 1 saturated heterocycles. The van der Waals surface area contributed by atoms with Gasteiger partial charge >= 0.3 is 0 Å². The number of sulfonamides is 1. The van der Waals surface area contributed by atoms with Crippen LogP contribution >= 0.6 is 15.9 Å². The minimum Gasteiger partial charge on any atom is -0.355 e. The van der Waals surface area contributed by atoms with Crippen molar-refractivity contribution in [2.45, 2.75) is 11.3 Å². The lowest BCUT2D eigenvalue weighted by atomic mass is 10.1. The number of nitrogens with zero attached hydrogens (tertiary/aromatic N) is 2. The van der Waals surface area contributed by atoms with Crippen molar-refractivity contribution in [2.24, 2.45) is 0 Å². The van der Waals surface area contributed by atoms with Crippen LogP contribution in [0, 0.1) is 0 Å². The van der Waals surface area contributed by atoms with Crippen LogP contribution in [-0.2, 0) is 21.2 Å². The lowest BCUT2D eigenvalue weighted by Gasteiger charge is -2.33. The van der Waals surface area contributed by atoms with Gasteiger partial charge in [0.2, 0.25) is 15.9 Å². The van der Waals surface area contributed by atoms with Crippen molar-refractivity contribution in [3.63, 3.8) is 0 Å². The van der Waals surface area contributed by atoms with Crippen LogP contribution in [0.15, 0.2) is 64.0 Å². The minimum absolute atomic E-state index is 0.0285.